The molecule has 0 aliphatic carbocycles. The molecule has 0 radical (unpaired) electrons. The minimum atomic E-state index is -1.52. The van der Waals surface area contributed by atoms with Crippen LogP contribution in [0.2, 0.25) is 0 Å². The van der Waals surface area contributed by atoms with Crippen LogP contribution in [0.5, 0.6) is 0 Å². The zero-order chi connectivity index (χ0) is 19.4. The van der Waals surface area contributed by atoms with E-state index in [9.17, 15) is 10.1 Å². The van der Waals surface area contributed by atoms with Crippen molar-refractivity contribution in [2.75, 3.05) is 12.3 Å². The van der Waals surface area contributed by atoms with Crippen LogP contribution in [0.1, 0.15) is 26.5 Å². The molecule has 0 spiro atoms. The van der Waals surface area contributed by atoms with E-state index in [0.29, 0.717) is 11.2 Å². The molecule has 2 aliphatic rings. The predicted molar refractivity (Wildman–Crippen MR) is 90.0 cm³/mol. The molecule has 0 bridgehead atoms. The number of nitriles is 1. The zero-order valence-electron chi connectivity index (χ0n) is 15.1. The summed E-state index contributed by atoms with van der Waals surface area (Å²) in [4.78, 5) is 15.2. The number of hydrogen-bond acceptors (Lipinski definition) is 9. The van der Waals surface area contributed by atoms with Crippen LogP contribution in [0.25, 0.3) is 5.52 Å². The van der Waals surface area contributed by atoms with Gasteiger partial charge in [-0.05, 0) is 26.0 Å². The number of nitrogens with zero attached hydrogens (tertiary/aromatic N) is 4. The van der Waals surface area contributed by atoms with E-state index in [0.717, 1.165) is 0 Å². The summed E-state index contributed by atoms with van der Waals surface area (Å²) in [6.07, 6.45) is -0.712. The van der Waals surface area contributed by atoms with E-state index in [1.54, 1.807) is 26.0 Å². The fraction of sp³-hybridized carbons (Fsp3) is 0.529. The van der Waals surface area contributed by atoms with Crippen LogP contribution in [0.15, 0.2) is 18.5 Å². The predicted octanol–water partition coefficient (Wildman–Crippen LogP) is 0.512. The first-order valence-corrected chi connectivity index (χ1v) is 8.44. The Balaban J connectivity index is 1.81. The summed E-state index contributed by atoms with van der Waals surface area (Å²) < 4.78 is 24.7. The lowest BCUT2D eigenvalue weighted by Gasteiger charge is -2.28. The number of aromatic nitrogens is 3. The average Bonchev–Trinajstić information content (AvgIpc) is 3.24. The third kappa shape index (κ3) is 2.63. The summed E-state index contributed by atoms with van der Waals surface area (Å²) in [6, 6.07) is 5.64. The van der Waals surface area contributed by atoms with Gasteiger partial charge in [0.25, 0.3) is 0 Å². The van der Waals surface area contributed by atoms with Gasteiger partial charge in [0.15, 0.2) is 11.6 Å². The molecular formula is C17H19N5O5. The van der Waals surface area contributed by atoms with E-state index in [4.69, 9.17) is 24.7 Å². The number of rotatable bonds is 3. The van der Waals surface area contributed by atoms with Gasteiger partial charge in [-0.1, -0.05) is 0 Å². The second kappa shape index (κ2) is 5.88. The lowest BCUT2D eigenvalue weighted by Crippen LogP contribution is -2.40. The molecule has 0 aromatic carbocycles. The standard InChI is InChI=1S/C17H19N5O5/c1-9(23)24-6-11-13-14(27-16(2,3)26-13)17(7-18,25-11)12-5-4-10-15(19)20-8-21-22(10)12/h4-5,8,11,13-14H,6H2,1-3H3,(H2,19,20,21)/t11-,13-,14-,17+/m1/s1. The molecule has 2 aromatic heterocycles. The van der Waals surface area contributed by atoms with E-state index in [1.165, 1.54) is 17.8 Å². The van der Waals surface area contributed by atoms with Crippen molar-refractivity contribution in [2.24, 2.45) is 0 Å². The van der Waals surface area contributed by atoms with Crippen LogP contribution in [0, 0.1) is 11.3 Å². The molecule has 0 saturated carbocycles. The monoisotopic (exact) mass is 373 g/mol. The summed E-state index contributed by atoms with van der Waals surface area (Å²) in [6.45, 7) is 4.76. The molecule has 10 nitrogen and oxygen atoms in total. The number of anilines is 1. The first-order valence-electron chi connectivity index (χ1n) is 8.44. The number of carbonyl (C=O) groups excluding carboxylic acids is 1. The summed E-state index contributed by atoms with van der Waals surface area (Å²) in [5, 5.41) is 14.3. The number of nitrogens with two attached hydrogens (primary N) is 1. The second-order valence-electron chi connectivity index (χ2n) is 6.99. The molecule has 4 heterocycles. The maximum absolute atomic E-state index is 11.2. The van der Waals surface area contributed by atoms with Crippen molar-refractivity contribution < 1.29 is 23.7 Å². The van der Waals surface area contributed by atoms with Gasteiger partial charge in [-0.15, -0.1) is 0 Å². The van der Waals surface area contributed by atoms with E-state index < -0.39 is 35.7 Å². The Hall–Kier alpha value is -2.74. The number of hydrogen-bond donors (Lipinski definition) is 1. The van der Waals surface area contributed by atoms with Gasteiger partial charge >= 0.3 is 5.97 Å². The van der Waals surface area contributed by atoms with Crippen LogP contribution in [-0.2, 0) is 29.3 Å². The Labute approximate surface area is 154 Å². The smallest absolute Gasteiger partial charge is 0.302 e. The lowest BCUT2D eigenvalue weighted by atomic mass is 9.92. The van der Waals surface area contributed by atoms with Crippen LogP contribution in [-0.4, -0.2) is 51.3 Å². The Bertz CT molecular complexity index is 951. The van der Waals surface area contributed by atoms with Crippen molar-refractivity contribution in [3.63, 3.8) is 0 Å². The van der Waals surface area contributed by atoms with E-state index in [-0.39, 0.29) is 12.4 Å². The highest BCUT2D eigenvalue weighted by molar-refractivity contribution is 5.66. The molecular weight excluding hydrogens is 354 g/mol. The molecule has 27 heavy (non-hydrogen) atoms. The van der Waals surface area contributed by atoms with Crippen molar-refractivity contribution in [1.29, 1.82) is 5.26 Å². The molecule has 2 fully saturated rings. The van der Waals surface area contributed by atoms with E-state index >= 15 is 0 Å². The highest BCUT2D eigenvalue weighted by atomic mass is 16.8. The Kier molecular flexibility index (Phi) is 3.85. The van der Waals surface area contributed by atoms with E-state index in [2.05, 4.69) is 16.2 Å². The third-order valence-electron chi connectivity index (χ3n) is 4.71. The van der Waals surface area contributed by atoms with Gasteiger partial charge in [0, 0.05) is 6.92 Å². The van der Waals surface area contributed by atoms with Gasteiger partial charge in [0.1, 0.15) is 42.8 Å². The van der Waals surface area contributed by atoms with Crippen LogP contribution < -0.4 is 5.73 Å². The van der Waals surface area contributed by atoms with Gasteiger partial charge in [0.05, 0.1) is 5.69 Å². The first kappa shape index (κ1) is 17.7. The highest BCUT2D eigenvalue weighted by Gasteiger charge is 2.65. The summed E-state index contributed by atoms with van der Waals surface area (Å²) in [5.74, 6) is -1.09. The summed E-state index contributed by atoms with van der Waals surface area (Å²) >= 11 is 0. The molecule has 0 unspecified atom stereocenters. The van der Waals surface area contributed by atoms with Gasteiger partial charge in [-0.3, -0.25) is 4.79 Å². The third-order valence-corrected chi connectivity index (χ3v) is 4.71. The maximum atomic E-state index is 11.2. The summed E-state index contributed by atoms with van der Waals surface area (Å²) in [7, 11) is 0. The zero-order valence-corrected chi connectivity index (χ0v) is 15.1. The van der Waals surface area contributed by atoms with Crippen LogP contribution in [0.4, 0.5) is 5.82 Å². The molecule has 2 aromatic rings. The molecule has 2 N–H and O–H groups in total. The number of carbonyl (C=O) groups is 1. The Morgan fingerprint density at radius 1 is 1.41 bits per heavy atom. The Morgan fingerprint density at radius 2 is 2.19 bits per heavy atom. The molecule has 0 amide bonds. The van der Waals surface area contributed by atoms with Crippen molar-refractivity contribution in [1.82, 2.24) is 14.6 Å². The molecule has 4 atom stereocenters. The van der Waals surface area contributed by atoms with Gasteiger partial charge in [-0.2, -0.15) is 10.4 Å². The topological polar surface area (TPSA) is 134 Å². The van der Waals surface area contributed by atoms with Crippen molar-refractivity contribution in [2.45, 2.75) is 50.5 Å². The minimum Gasteiger partial charge on any atom is -0.463 e. The number of ether oxygens (including phenoxy) is 4. The quantitative estimate of drug-likeness (QED) is 0.764. The molecule has 142 valence electrons. The largest absolute Gasteiger partial charge is 0.463 e. The maximum Gasteiger partial charge on any atom is 0.302 e. The van der Waals surface area contributed by atoms with Gasteiger partial charge in [-0.25, -0.2) is 9.50 Å². The molecule has 4 rings (SSSR count). The van der Waals surface area contributed by atoms with Gasteiger partial charge in [0.2, 0.25) is 5.60 Å². The SMILES string of the molecule is CC(=O)OC[C@H]1O[C@@](C#N)(c2ccc3c(N)ncnn23)[C@@H]2OC(C)(C)O[C@@H]21. The highest BCUT2D eigenvalue weighted by Crippen LogP contribution is 2.49. The fourth-order valence-electron chi connectivity index (χ4n) is 3.66. The van der Waals surface area contributed by atoms with Crippen LogP contribution >= 0.6 is 0 Å². The first-order chi connectivity index (χ1) is 12.8. The van der Waals surface area contributed by atoms with Crippen molar-refractivity contribution in [3.05, 3.63) is 24.2 Å². The molecule has 2 saturated heterocycles. The minimum absolute atomic E-state index is 0.0558. The second-order valence-corrected chi connectivity index (χ2v) is 6.99. The number of esters is 1. The molecule has 2 aliphatic heterocycles. The van der Waals surface area contributed by atoms with Crippen molar-refractivity contribution in [3.8, 4) is 6.07 Å². The van der Waals surface area contributed by atoms with Crippen molar-refractivity contribution >= 4 is 17.3 Å². The van der Waals surface area contributed by atoms with Crippen LogP contribution in [0.3, 0.4) is 0 Å². The summed E-state index contributed by atoms with van der Waals surface area (Å²) in [5.41, 5.74) is 5.37. The molecule has 10 heteroatoms. The number of nitrogen functional groups attached to an aromatic ring is 1. The lowest BCUT2D eigenvalue weighted by molar-refractivity contribution is -0.206. The normalized spacial score (nSPS) is 31.6. The van der Waals surface area contributed by atoms with E-state index in [1.807, 2.05) is 0 Å². The number of fused-ring (bicyclic) bond motifs is 2. The van der Waals surface area contributed by atoms with Gasteiger partial charge < -0.3 is 24.7 Å². The average molecular weight is 373 g/mol. The Morgan fingerprint density at radius 3 is 2.89 bits per heavy atom. The fourth-order valence-corrected chi connectivity index (χ4v) is 3.66.